The van der Waals surface area contributed by atoms with Crippen LogP contribution in [0.15, 0.2) is 17.8 Å². The molecule has 0 saturated carbocycles. The molecule has 0 N–H and O–H groups in total. The molecule has 0 aromatic carbocycles. The van der Waals surface area contributed by atoms with E-state index in [1.54, 1.807) is 7.05 Å². The molecule has 0 radical (unpaired) electrons. The third-order valence-electron chi connectivity index (χ3n) is 0.331. The maximum atomic E-state index is 5.29. The maximum absolute atomic E-state index is 5.29. The second-order valence-corrected chi connectivity index (χ2v) is 1.51. The lowest BCUT2D eigenvalue weighted by molar-refractivity contribution is 0.847. The highest BCUT2D eigenvalue weighted by Gasteiger charge is 1.72. The lowest BCUT2D eigenvalue weighted by Gasteiger charge is -1.93. The van der Waals surface area contributed by atoms with Crippen molar-refractivity contribution in [2.45, 2.75) is 0 Å². The number of hydrogen-bond acceptors (Lipinski definition) is 1. The van der Waals surface area contributed by atoms with Gasteiger partial charge in [-0.15, -0.1) is 0 Å². The summed E-state index contributed by atoms with van der Waals surface area (Å²) in [5, 5.41) is 0. The van der Waals surface area contributed by atoms with E-state index in [2.05, 4.69) is 11.6 Å². The van der Waals surface area contributed by atoms with E-state index in [1.807, 2.05) is 0 Å². The second kappa shape index (κ2) is 3.68. The van der Waals surface area contributed by atoms with E-state index < -0.39 is 0 Å². The molecule has 40 valence electrons. The molecule has 0 bridgehead atoms. The normalized spacial score (nSPS) is 9.43. The molecule has 0 aromatic rings. The highest BCUT2D eigenvalue weighted by atomic mass is 35.5. The van der Waals surface area contributed by atoms with Crippen LogP contribution in [0.3, 0.4) is 0 Å². The molecule has 0 rings (SSSR count). The number of hydrogen-bond donors (Lipinski definition) is 0. The Labute approximate surface area is 48.2 Å². The van der Waals surface area contributed by atoms with Gasteiger partial charge in [-0.2, -0.15) is 0 Å². The monoisotopic (exact) mass is 118 g/mol. The summed E-state index contributed by atoms with van der Waals surface area (Å²) in [6.45, 7) is 3.35. The lowest BCUT2D eigenvalue weighted by atomic mass is 11.0. The number of rotatable bonds is 2. The van der Waals surface area contributed by atoms with Crippen molar-refractivity contribution in [2.24, 2.45) is 4.99 Å². The van der Waals surface area contributed by atoms with E-state index >= 15 is 0 Å². The van der Waals surface area contributed by atoms with Gasteiger partial charge in [0.2, 0.25) is 0 Å². The van der Waals surface area contributed by atoms with E-state index in [1.165, 1.54) is 17.0 Å². The van der Waals surface area contributed by atoms with Crippen molar-refractivity contribution in [2.75, 3.05) is 7.05 Å². The highest BCUT2D eigenvalue weighted by molar-refractivity contribution is 6.18. The average molecular weight is 119 g/mol. The van der Waals surface area contributed by atoms with Crippen molar-refractivity contribution >= 4 is 18.1 Å². The first kappa shape index (κ1) is 6.50. The van der Waals surface area contributed by atoms with Crippen LogP contribution in [0.2, 0.25) is 0 Å². The predicted molar refractivity (Wildman–Crippen MR) is 32.3 cm³/mol. The lowest BCUT2D eigenvalue weighted by Crippen LogP contribution is -1.98. The first-order valence-corrected chi connectivity index (χ1v) is 2.14. The predicted octanol–water partition coefficient (Wildman–Crippen LogP) is 1.24. The smallest absolute Gasteiger partial charge is 0.105 e. The largest absolute Gasteiger partial charge is 0.278 e. The van der Waals surface area contributed by atoms with Crippen molar-refractivity contribution in [3.05, 3.63) is 12.8 Å². The molecule has 3 heteroatoms. The van der Waals surface area contributed by atoms with Crippen molar-refractivity contribution in [3.8, 4) is 0 Å². The molecule has 0 saturated heterocycles. The van der Waals surface area contributed by atoms with Crippen LogP contribution in [0.4, 0.5) is 0 Å². The fourth-order valence-electron chi connectivity index (χ4n) is 0.139. The SMILES string of the molecule is C=CN=CN(C)Cl. The first-order valence-electron chi connectivity index (χ1n) is 1.80. The molecule has 0 aliphatic carbocycles. The molecule has 0 heterocycles. The summed E-state index contributed by atoms with van der Waals surface area (Å²) >= 11 is 5.29. The maximum Gasteiger partial charge on any atom is 0.105 e. The summed E-state index contributed by atoms with van der Waals surface area (Å²) in [5.41, 5.74) is 0. The van der Waals surface area contributed by atoms with Gasteiger partial charge < -0.3 is 0 Å². The molecular formula is C4H7ClN2. The minimum atomic E-state index is 1.32. The molecular weight excluding hydrogens is 112 g/mol. The number of nitrogens with zero attached hydrogens (tertiary/aromatic N) is 2. The number of halogens is 1. The Balaban J connectivity index is 3.25. The van der Waals surface area contributed by atoms with Crippen LogP contribution >= 0.6 is 11.8 Å². The minimum Gasteiger partial charge on any atom is -0.278 e. The Morgan fingerprint density at radius 1 is 1.86 bits per heavy atom. The fraction of sp³-hybridized carbons (Fsp3) is 0.250. The fourth-order valence-corrected chi connectivity index (χ4v) is 0.189. The van der Waals surface area contributed by atoms with Crippen molar-refractivity contribution < 1.29 is 0 Å². The standard InChI is InChI=1S/C4H7ClN2/c1-3-6-4-7(2)5/h3-4H,1H2,2H3. The van der Waals surface area contributed by atoms with Gasteiger partial charge >= 0.3 is 0 Å². The summed E-state index contributed by atoms with van der Waals surface area (Å²) in [6.07, 6.45) is 2.87. The Hall–Kier alpha value is -0.500. The molecule has 0 fully saturated rings. The highest BCUT2D eigenvalue weighted by Crippen LogP contribution is 1.79. The van der Waals surface area contributed by atoms with Crippen LogP contribution in [-0.2, 0) is 0 Å². The molecule has 0 aliphatic rings. The van der Waals surface area contributed by atoms with Gasteiger partial charge in [-0.25, -0.2) is 4.99 Å². The van der Waals surface area contributed by atoms with Gasteiger partial charge in [0.15, 0.2) is 0 Å². The Morgan fingerprint density at radius 2 is 2.43 bits per heavy atom. The van der Waals surface area contributed by atoms with Gasteiger partial charge in [-0.1, -0.05) is 6.58 Å². The third-order valence-corrected chi connectivity index (χ3v) is 0.418. The zero-order valence-electron chi connectivity index (χ0n) is 4.13. The van der Waals surface area contributed by atoms with E-state index in [-0.39, 0.29) is 0 Å². The second-order valence-electron chi connectivity index (χ2n) is 0.972. The van der Waals surface area contributed by atoms with Gasteiger partial charge in [0.05, 0.1) is 0 Å². The molecule has 0 spiro atoms. The van der Waals surface area contributed by atoms with Gasteiger partial charge in [0.1, 0.15) is 6.34 Å². The van der Waals surface area contributed by atoms with Gasteiger partial charge in [0, 0.05) is 25.0 Å². The van der Waals surface area contributed by atoms with E-state index in [0.29, 0.717) is 0 Å². The third kappa shape index (κ3) is 5.50. The Morgan fingerprint density at radius 3 is 2.57 bits per heavy atom. The van der Waals surface area contributed by atoms with Crippen molar-refractivity contribution in [1.29, 1.82) is 0 Å². The van der Waals surface area contributed by atoms with Crippen molar-refractivity contribution in [3.63, 3.8) is 0 Å². The molecule has 2 nitrogen and oxygen atoms in total. The summed E-state index contributed by atoms with van der Waals surface area (Å²) in [6, 6.07) is 0. The van der Waals surface area contributed by atoms with E-state index in [0.717, 1.165) is 0 Å². The minimum absolute atomic E-state index is 1.32. The Kier molecular flexibility index (Phi) is 3.42. The molecule has 0 aromatic heterocycles. The van der Waals surface area contributed by atoms with E-state index in [9.17, 15) is 0 Å². The molecule has 0 amide bonds. The van der Waals surface area contributed by atoms with Crippen LogP contribution < -0.4 is 0 Å². The Bertz CT molecular complexity index is 77.8. The molecule has 7 heavy (non-hydrogen) atoms. The molecule has 0 unspecified atom stereocenters. The van der Waals surface area contributed by atoms with Gasteiger partial charge in [-0.05, 0) is 0 Å². The van der Waals surface area contributed by atoms with E-state index in [4.69, 9.17) is 11.8 Å². The van der Waals surface area contributed by atoms with Crippen LogP contribution in [0.1, 0.15) is 0 Å². The summed E-state index contributed by atoms with van der Waals surface area (Å²) in [7, 11) is 1.68. The quantitative estimate of drug-likeness (QED) is 0.303. The van der Waals surface area contributed by atoms with Crippen LogP contribution in [-0.4, -0.2) is 17.8 Å². The van der Waals surface area contributed by atoms with Crippen LogP contribution in [0.5, 0.6) is 0 Å². The number of aliphatic imine (C=N–C) groups is 1. The molecule has 0 atom stereocenters. The zero-order chi connectivity index (χ0) is 5.70. The zero-order valence-corrected chi connectivity index (χ0v) is 4.89. The topological polar surface area (TPSA) is 15.6 Å². The molecule has 0 aliphatic heterocycles. The summed E-state index contributed by atoms with van der Waals surface area (Å²) < 4.78 is 1.32. The summed E-state index contributed by atoms with van der Waals surface area (Å²) in [5.74, 6) is 0. The van der Waals surface area contributed by atoms with Crippen LogP contribution in [0.25, 0.3) is 0 Å². The van der Waals surface area contributed by atoms with Crippen molar-refractivity contribution in [1.82, 2.24) is 4.42 Å². The first-order chi connectivity index (χ1) is 3.27. The van der Waals surface area contributed by atoms with Gasteiger partial charge in [0.25, 0.3) is 0 Å². The van der Waals surface area contributed by atoms with Gasteiger partial charge in [-0.3, -0.25) is 4.42 Å². The van der Waals surface area contributed by atoms with Crippen LogP contribution in [0, 0.1) is 0 Å². The average Bonchev–Trinajstić information content (AvgIpc) is 1.61. The summed E-state index contributed by atoms with van der Waals surface area (Å²) in [4.78, 5) is 3.60.